The second kappa shape index (κ2) is 2.25. The lowest BCUT2D eigenvalue weighted by molar-refractivity contribution is 0.335. The maximum Gasteiger partial charge on any atom is 0.449 e. The molecule has 7 heteroatoms. The first kappa shape index (κ1) is 7.60. The van der Waals surface area contributed by atoms with Crippen molar-refractivity contribution in [3.05, 3.63) is 0 Å². The van der Waals surface area contributed by atoms with Crippen LogP contribution in [0.5, 0.6) is 0 Å². The van der Waals surface area contributed by atoms with E-state index in [0.29, 0.717) is 0 Å². The predicted molar refractivity (Wildman–Crippen MR) is 27.9 cm³/mol. The van der Waals surface area contributed by atoms with Gasteiger partial charge in [-0.15, -0.1) is 0 Å². The molecule has 0 rings (SSSR count). The molecule has 0 aliphatic rings. The van der Waals surface area contributed by atoms with Crippen molar-refractivity contribution in [2.75, 3.05) is 0 Å². The summed E-state index contributed by atoms with van der Waals surface area (Å²) in [5, 5.41) is 6.63. The van der Waals surface area contributed by atoms with Gasteiger partial charge in [-0.2, -0.15) is 8.42 Å². The van der Waals surface area contributed by atoms with Crippen molar-refractivity contribution in [3.8, 4) is 0 Å². The molecule has 0 unspecified atom stereocenters. The maximum atomic E-state index is 9.53. The van der Waals surface area contributed by atoms with Crippen LogP contribution in [0.4, 0.5) is 0 Å². The molecule has 0 saturated heterocycles. The molecule has 0 bridgehead atoms. The molecule has 0 amide bonds. The quantitative estimate of drug-likeness (QED) is 0.401. The monoisotopic (exact) mass is 158 g/mol. The minimum Gasteiger partial charge on any atom is -0.472 e. The molecule has 0 aliphatic carbocycles. The highest BCUT2D eigenvalue weighted by Crippen LogP contribution is 1.84. The van der Waals surface area contributed by atoms with E-state index in [4.69, 9.17) is 9.66 Å². The summed E-state index contributed by atoms with van der Waals surface area (Å²) < 4.78 is 30.0. The number of hydrogen-bond donors (Lipinski definition) is 2. The van der Waals surface area contributed by atoms with Crippen LogP contribution in [0, 0.1) is 0 Å². The normalized spacial score (nSPS) is 10.6. The average Bonchev–Trinajstić information content (AvgIpc) is 1.21. The van der Waals surface area contributed by atoms with Crippen molar-refractivity contribution in [1.82, 2.24) is 0 Å². The zero-order chi connectivity index (χ0) is 6.78. The van der Waals surface area contributed by atoms with Gasteiger partial charge >= 0.3 is 15.6 Å². The van der Waals surface area contributed by atoms with Crippen LogP contribution in [0.3, 0.4) is 0 Å². The molecule has 0 radical (unpaired) electrons. The van der Waals surface area contributed by atoms with Gasteiger partial charge in [-0.1, -0.05) is 0 Å². The summed E-state index contributed by atoms with van der Waals surface area (Å²) in [4.78, 5) is 0. The summed E-state index contributed by atoms with van der Waals surface area (Å²) >= 11 is 3.74. The van der Waals surface area contributed by atoms with Gasteiger partial charge in [-0.05, 0) is 0 Å². The first-order valence-electron chi connectivity index (χ1n) is 1.31. The number of aliphatic hydroxyl groups is 1. The Morgan fingerprint density at radius 2 is 2.00 bits per heavy atom. The van der Waals surface area contributed by atoms with Gasteiger partial charge in [0, 0.05) is 12.2 Å². The number of thiocarbonyl (C=S) groups is 1. The van der Waals surface area contributed by atoms with Gasteiger partial charge in [0.05, 0.1) is 0 Å². The summed E-state index contributed by atoms with van der Waals surface area (Å²) in [5.74, 6) is 0. The molecular formula is CH2O5S2. The third-order valence-electron chi connectivity index (χ3n) is 0.177. The van der Waals surface area contributed by atoms with Crippen molar-refractivity contribution >= 4 is 27.9 Å². The number of hydrogen-bond acceptors (Lipinski definition) is 4. The zero-order valence-electron chi connectivity index (χ0n) is 3.44. The number of rotatable bonds is 1. The van der Waals surface area contributed by atoms with Crippen LogP contribution < -0.4 is 0 Å². The maximum absolute atomic E-state index is 9.53. The summed E-state index contributed by atoms with van der Waals surface area (Å²) in [6, 6.07) is 0. The standard InChI is InChI=1S/CH2O5S2/c2-1(7)6-8(3,4)5/h(H,2,7)(H,3,4,5). The van der Waals surface area contributed by atoms with Gasteiger partial charge in [0.1, 0.15) is 0 Å². The van der Waals surface area contributed by atoms with E-state index in [1.807, 2.05) is 0 Å². The molecule has 0 saturated carbocycles. The van der Waals surface area contributed by atoms with Gasteiger partial charge in [0.2, 0.25) is 0 Å². The van der Waals surface area contributed by atoms with Crippen molar-refractivity contribution in [2.24, 2.45) is 0 Å². The minimum atomic E-state index is -4.61. The molecule has 0 aromatic carbocycles. The molecule has 0 fully saturated rings. The third-order valence-corrected chi connectivity index (χ3v) is 0.734. The molecule has 2 N–H and O–H groups in total. The Balaban J connectivity index is 3.95. The fraction of sp³-hybridized carbons (Fsp3) is 0. The Bertz CT molecular complexity index is 177. The first-order valence-corrected chi connectivity index (χ1v) is 3.09. The molecule has 0 heterocycles. The Kier molecular flexibility index (Phi) is 2.13. The summed E-state index contributed by atoms with van der Waals surface area (Å²) in [5.41, 5.74) is 0. The lowest BCUT2D eigenvalue weighted by Gasteiger charge is -1.91. The van der Waals surface area contributed by atoms with E-state index in [1.165, 1.54) is 0 Å². The highest BCUT2D eigenvalue weighted by Gasteiger charge is 2.05. The Morgan fingerprint density at radius 3 is 2.00 bits per heavy atom. The van der Waals surface area contributed by atoms with Crippen LogP contribution in [0.25, 0.3) is 0 Å². The third kappa shape index (κ3) is 5.60. The van der Waals surface area contributed by atoms with Crippen LogP contribution >= 0.6 is 12.2 Å². The van der Waals surface area contributed by atoms with Crippen LogP contribution in [0.2, 0.25) is 0 Å². The van der Waals surface area contributed by atoms with Crippen LogP contribution in [0.1, 0.15) is 0 Å². The Hall–Kier alpha value is -0.400. The van der Waals surface area contributed by atoms with E-state index in [0.717, 1.165) is 0 Å². The van der Waals surface area contributed by atoms with Crippen molar-refractivity contribution in [1.29, 1.82) is 0 Å². The highest BCUT2D eigenvalue weighted by atomic mass is 32.3. The lowest BCUT2D eigenvalue weighted by Crippen LogP contribution is -2.08. The number of aliphatic hydroxyl groups excluding tert-OH is 1. The molecular weight excluding hydrogens is 156 g/mol. The molecule has 0 aliphatic heterocycles. The van der Waals surface area contributed by atoms with Crippen molar-refractivity contribution in [3.63, 3.8) is 0 Å². The SMILES string of the molecule is O=S(=O)(O)OC(O)=S. The van der Waals surface area contributed by atoms with E-state index in [1.54, 1.807) is 0 Å². The van der Waals surface area contributed by atoms with Gasteiger partial charge in [0.15, 0.2) is 0 Å². The van der Waals surface area contributed by atoms with Gasteiger partial charge in [0.25, 0.3) is 0 Å². The van der Waals surface area contributed by atoms with E-state index < -0.39 is 15.6 Å². The lowest BCUT2D eigenvalue weighted by atomic mass is 11.5. The smallest absolute Gasteiger partial charge is 0.449 e. The van der Waals surface area contributed by atoms with Crippen LogP contribution in [-0.2, 0) is 14.6 Å². The fourth-order valence-electron chi connectivity index (χ4n) is 0.0901. The summed E-state index contributed by atoms with van der Waals surface area (Å²) in [6.45, 7) is 0. The van der Waals surface area contributed by atoms with Crippen molar-refractivity contribution in [2.45, 2.75) is 0 Å². The van der Waals surface area contributed by atoms with E-state index in [-0.39, 0.29) is 0 Å². The molecule has 48 valence electrons. The zero-order valence-corrected chi connectivity index (χ0v) is 5.07. The van der Waals surface area contributed by atoms with E-state index in [9.17, 15) is 8.42 Å². The predicted octanol–water partition coefficient (Wildman–Crippen LogP) is -0.351. The largest absolute Gasteiger partial charge is 0.472 e. The van der Waals surface area contributed by atoms with Gasteiger partial charge < -0.3 is 9.29 Å². The first-order chi connectivity index (χ1) is 3.42. The molecule has 0 spiro atoms. The average molecular weight is 158 g/mol. The van der Waals surface area contributed by atoms with E-state index >= 15 is 0 Å². The van der Waals surface area contributed by atoms with Gasteiger partial charge in [-0.25, -0.2) is 0 Å². The van der Waals surface area contributed by atoms with E-state index in [2.05, 4.69) is 16.4 Å². The fourth-order valence-corrected chi connectivity index (χ4v) is 0.528. The summed E-state index contributed by atoms with van der Waals surface area (Å²) in [6.07, 6.45) is 0. The van der Waals surface area contributed by atoms with Crippen LogP contribution in [0.15, 0.2) is 0 Å². The molecule has 0 aromatic rings. The topological polar surface area (TPSA) is 83.8 Å². The Labute approximate surface area is 50.8 Å². The minimum absolute atomic E-state index is 1.23. The molecule has 0 atom stereocenters. The highest BCUT2D eigenvalue weighted by molar-refractivity contribution is 7.84. The second-order valence-corrected chi connectivity index (χ2v) is 2.15. The van der Waals surface area contributed by atoms with Crippen molar-refractivity contribution < 1.29 is 22.3 Å². The summed E-state index contributed by atoms with van der Waals surface area (Å²) in [7, 11) is -4.61. The molecule has 5 nitrogen and oxygen atoms in total. The second-order valence-electron chi connectivity index (χ2n) is 0.777. The van der Waals surface area contributed by atoms with Crippen LogP contribution in [-0.4, -0.2) is 23.3 Å². The molecule has 8 heavy (non-hydrogen) atoms. The Morgan fingerprint density at radius 1 is 1.62 bits per heavy atom. The van der Waals surface area contributed by atoms with Gasteiger partial charge in [-0.3, -0.25) is 4.55 Å². The molecule has 0 aromatic heterocycles.